The van der Waals surface area contributed by atoms with Crippen LogP contribution in [0.5, 0.6) is 0 Å². The fraction of sp³-hybridized carbons (Fsp3) is 0.455. The van der Waals surface area contributed by atoms with Crippen LogP contribution in [0.1, 0.15) is 24.3 Å². The number of amides is 1. The first-order valence-corrected chi connectivity index (χ1v) is 7.13. The molecule has 0 atom stereocenters. The smallest absolute Gasteiger partial charge is 0.270 e. The third-order valence-corrected chi connectivity index (χ3v) is 4.78. The second-order valence-corrected chi connectivity index (χ2v) is 7.21. The van der Waals surface area contributed by atoms with Crippen molar-refractivity contribution in [3.8, 4) is 0 Å². The van der Waals surface area contributed by atoms with Gasteiger partial charge >= 0.3 is 0 Å². The fourth-order valence-electron chi connectivity index (χ4n) is 1.05. The Hall–Kier alpha value is -1.50. The van der Waals surface area contributed by atoms with E-state index in [1.54, 1.807) is 0 Å². The molecule has 18 heavy (non-hydrogen) atoms. The van der Waals surface area contributed by atoms with Gasteiger partial charge in [-0.3, -0.25) is 4.79 Å². The lowest BCUT2D eigenvalue weighted by Crippen LogP contribution is -2.43. The van der Waals surface area contributed by atoms with Crippen LogP contribution in [0.2, 0.25) is 0 Å². The molecule has 7 heteroatoms. The SMILES string of the molecule is CC(C)(CNC(=O)c1cccc(F)n1)S(C)(=O)=O. The molecule has 1 rings (SSSR count). The maximum atomic E-state index is 12.8. The molecule has 1 aromatic heterocycles. The third-order valence-electron chi connectivity index (χ3n) is 2.63. The fourth-order valence-corrected chi connectivity index (χ4v) is 1.38. The van der Waals surface area contributed by atoms with E-state index in [9.17, 15) is 17.6 Å². The Kier molecular flexibility index (Phi) is 4.05. The average Bonchev–Trinajstić information content (AvgIpc) is 2.24. The van der Waals surface area contributed by atoms with E-state index in [4.69, 9.17) is 0 Å². The molecule has 0 unspecified atom stereocenters. The van der Waals surface area contributed by atoms with E-state index >= 15 is 0 Å². The molecular weight excluding hydrogens is 259 g/mol. The van der Waals surface area contributed by atoms with Gasteiger partial charge in [0.15, 0.2) is 9.84 Å². The van der Waals surface area contributed by atoms with Crippen LogP contribution in [0.25, 0.3) is 0 Å². The summed E-state index contributed by atoms with van der Waals surface area (Å²) in [5.41, 5.74) is -0.0840. The summed E-state index contributed by atoms with van der Waals surface area (Å²) in [6.07, 6.45) is 1.10. The Morgan fingerprint density at radius 3 is 2.56 bits per heavy atom. The zero-order valence-corrected chi connectivity index (χ0v) is 11.2. The van der Waals surface area contributed by atoms with Crippen LogP contribution in [0.15, 0.2) is 18.2 Å². The summed E-state index contributed by atoms with van der Waals surface area (Å²) in [5.74, 6) is -1.36. The number of hydrogen-bond donors (Lipinski definition) is 1. The Morgan fingerprint density at radius 2 is 2.06 bits per heavy atom. The lowest BCUT2D eigenvalue weighted by Gasteiger charge is -2.22. The Balaban J connectivity index is 2.74. The molecule has 0 aliphatic carbocycles. The molecule has 0 radical (unpaired) electrons. The summed E-state index contributed by atoms with van der Waals surface area (Å²) in [6, 6.07) is 3.84. The number of carbonyl (C=O) groups is 1. The predicted molar refractivity (Wildman–Crippen MR) is 65.5 cm³/mol. The number of nitrogens with zero attached hydrogens (tertiary/aromatic N) is 1. The van der Waals surface area contributed by atoms with Gasteiger partial charge in [-0.15, -0.1) is 0 Å². The molecule has 0 saturated carbocycles. The van der Waals surface area contributed by atoms with E-state index in [0.29, 0.717) is 0 Å². The molecule has 0 aliphatic rings. The zero-order chi connectivity index (χ0) is 14.0. The number of hydrogen-bond acceptors (Lipinski definition) is 4. The van der Waals surface area contributed by atoms with Crippen LogP contribution < -0.4 is 5.32 Å². The van der Waals surface area contributed by atoms with E-state index < -0.39 is 26.4 Å². The minimum absolute atomic E-state index is 0.0666. The van der Waals surface area contributed by atoms with Gasteiger partial charge in [-0.25, -0.2) is 13.4 Å². The van der Waals surface area contributed by atoms with E-state index in [-0.39, 0.29) is 12.2 Å². The number of aromatic nitrogens is 1. The van der Waals surface area contributed by atoms with Crippen LogP contribution in [0, 0.1) is 5.95 Å². The van der Waals surface area contributed by atoms with Crippen molar-refractivity contribution in [3.05, 3.63) is 29.8 Å². The van der Waals surface area contributed by atoms with Crippen LogP contribution >= 0.6 is 0 Å². The van der Waals surface area contributed by atoms with E-state index in [0.717, 1.165) is 12.3 Å². The van der Waals surface area contributed by atoms with Gasteiger partial charge in [0.1, 0.15) is 5.69 Å². The van der Waals surface area contributed by atoms with Gasteiger partial charge < -0.3 is 5.32 Å². The van der Waals surface area contributed by atoms with Gasteiger partial charge in [0.05, 0.1) is 4.75 Å². The molecule has 0 fully saturated rings. The second kappa shape index (κ2) is 5.01. The summed E-state index contributed by atoms with van der Waals surface area (Å²) in [6.45, 7) is 2.94. The third kappa shape index (κ3) is 3.49. The predicted octanol–water partition coefficient (Wildman–Crippen LogP) is 0.774. The quantitative estimate of drug-likeness (QED) is 0.823. The summed E-state index contributed by atoms with van der Waals surface area (Å²) in [7, 11) is -3.30. The molecule has 1 aromatic rings. The minimum Gasteiger partial charge on any atom is -0.349 e. The van der Waals surface area contributed by atoms with Crippen molar-refractivity contribution >= 4 is 15.7 Å². The molecular formula is C11H15FN2O3S. The molecule has 0 spiro atoms. The Bertz CT molecular complexity index is 555. The van der Waals surface area contributed by atoms with Crippen LogP contribution in [0.3, 0.4) is 0 Å². The maximum absolute atomic E-state index is 12.8. The molecule has 0 saturated heterocycles. The molecule has 5 nitrogen and oxygen atoms in total. The van der Waals surface area contributed by atoms with Gasteiger partial charge in [-0.1, -0.05) is 6.07 Å². The molecule has 1 heterocycles. The van der Waals surface area contributed by atoms with Crippen molar-refractivity contribution < 1.29 is 17.6 Å². The van der Waals surface area contributed by atoms with Crippen LogP contribution in [-0.2, 0) is 9.84 Å². The van der Waals surface area contributed by atoms with E-state index in [2.05, 4.69) is 10.3 Å². The summed E-state index contributed by atoms with van der Waals surface area (Å²) < 4.78 is 34.6. The number of nitrogens with one attached hydrogen (secondary N) is 1. The molecule has 100 valence electrons. The standard InChI is InChI=1S/C11H15FN2O3S/c1-11(2,18(3,16)17)7-13-10(15)8-5-4-6-9(12)14-8/h4-6H,7H2,1-3H3,(H,13,15). The van der Waals surface area contributed by atoms with Gasteiger partial charge in [0.2, 0.25) is 5.95 Å². The first kappa shape index (κ1) is 14.6. The Morgan fingerprint density at radius 1 is 1.44 bits per heavy atom. The number of carbonyl (C=O) groups excluding carboxylic acids is 1. The summed E-state index contributed by atoms with van der Waals surface area (Å²) in [4.78, 5) is 15.0. The van der Waals surface area contributed by atoms with Crippen molar-refractivity contribution in [1.82, 2.24) is 10.3 Å². The highest BCUT2D eigenvalue weighted by Gasteiger charge is 2.30. The van der Waals surface area contributed by atoms with Crippen LogP contribution in [0.4, 0.5) is 4.39 Å². The monoisotopic (exact) mass is 274 g/mol. The van der Waals surface area contributed by atoms with Crippen molar-refractivity contribution in [2.45, 2.75) is 18.6 Å². The highest BCUT2D eigenvalue weighted by atomic mass is 32.2. The highest BCUT2D eigenvalue weighted by molar-refractivity contribution is 7.92. The highest BCUT2D eigenvalue weighted by Crippen LogP contribution is 2.13. The van der Waals surface area contributed by atoms with E-state index in [1.807, 2.05) is 0 Å². The topological polar surface area (TPSA) is 76.1 Å². The van der Waals surface area contributed by atoms with Gasteiger partial charge in [0.25, 0.3) is 5.91 Å². The molecule has 0 aliphatic heterocycles. The van der Waals surface area contributed by atoms with Gasteiger partial charge in [-0.05, 0) is 26.0 Å². The number of sulfone groups is 1. The summed E-state index contributed by atoms with van der Waals surface area (Å²) >= 11 is 0. The first-order chi connectivity index (χ1) is 8.13. The molecule has 0 aromatic carbocycles. The second-order valence-electron chi connectivity index (χ2n) is 4.56. The van der Waals surface area contributed by atoms with Gasteiger partial charge in [0, 0.05) is 12.8 Å². The maximum Gasteiger partial charge on any atom is 0.270 e. The van der Waals surface area contributed by atoms with E-state index in [1.165, 1.54) is 26.0 Å². The zero-order valence-electron chi connectivity index (χ0n) is 10.4. The average molecular weight is 274 g/mol. The lowest BCUT2D eigenvalue weighted by molar-refractivity contribution is 0.0944. The molecule has 1 N–H and O–H groups in total. The molecule has 0 bridgehead atoms. The Labute approximate surface area is 105 Å². The molecule has 1 amide bonds. The first-order valence-electron chi connectivity index (χ1n) is 5.24. The van der Waals surface area contributed by atoms with Crippen molar-refractivity contribution in [3.63, 3.8) is 0 Å². The largest absolute Gasteiger partial charge is 0.349 e. The number of halogens is 1. The number of rotatable bonds is 4. The van der Waals surface area contributed by atoms with Crippen LogP contribution in [-0.4, -0.2) is 36.9 Å². The van der Waals surface area contributed by atoms with Gasteiger partial charge in [-0.2, -0.15) is 4.39 Å². The van der Waals surface area contributed by atoms with Crippen molar-refractivity contribution in [1.29, 1.82) is 0 Å². The van der Waals surface area contributed by atoms with Crippen molar-refractivity contribution in [2.75, 3.05) is 12.8 Å². The minimum atomic E-state index is -3.30. The lowest BCUT2D eigenvalue weighted by atomic mass is 10.2. The van der Waals surface area contributed by atoms with Crippen molar-refractivity contribution in [2.24, 2.45) is 0 Å². The summed E-state index contributed by atoms with van der Waals surface area (Å²) in [5, 5.41) is 2.43. The number of pyridine rings is 1. The normalized spacial score (nSPS) is 12.2.